The Hall–Kier alpha value is -3.69. The van der Waals surface area contributed by atoms with Crippen LogP contribution in [0.4, 0.5) is 5.69 Å². The summed E-state index contributed by atoms with van der Waals surface area (Å²) in [5.41, 5.74) is 6.73. The van der Waals surface area contributed by atoms with Gasteiger partial charge in [0.2, 0.25) is 21.8 Å². The van der Waals surface area contributed by atoms with Crippen molar-refractivity contribution in [3.05, 3.63) is 90.0 Å². The first-order chi connectivity index (χ1) is 15.8. The SMILES string of the molecule is CCOc1ccc(S(=O)(=O)NC(Cc2ccccc2)C(=O)Nc2ccc(C(N)=O)cc2)cc1. The minimum absolute atomic E-state index is 0.0163. The summed E-state index contributed by atoms with van der Waals surface area (Å²) in [4.78, 5) is 24.3. The van der Waals surface area contributed by atoms with Gasteiger partial charge in [-0.3, -0.25) is 9.59 Å². The summed E-state index contributed by atoms with van der Waals surface area (Å²) in [6.45, 7) is 2.30. The minimum atomic E-state index is -3.99. The van der Waals surface area contributed by atoms with E-state index in [2.05, 4.69) is 10.0 Å². The molecule has 0 fully saturated rings. The normalized spacial score (nSPS) is 12.0. The van der Waals surface area contributed by atoms with Gasteiger partial charge in [-0.05, 0) is 67.4 Å². The lowest BCUT2D eigenvalue weighted by molar-refractivity contribution is -0.117. The number of sulfonamides is 1. The molecule has 0 aliphatic heterocycles. The van der Waals surface area contributed by atoms with Crippen LogP contribution in [-0.2, 0) is 21.2 Å². The molecule has 8 nitrogen and oxygen atoms in total. The Labute approximate surface area is 192 Å². The number of hydrogen-bond donors (Lipinski definition) is 3. The Balaban J connectivity index is 1.82. The second kappa shape index (κ2) is 10.8. The number of hydrogen-bond acceptors (Lipinski definition) is 5. The average molecular weight is 468 g/mol. The highest BCUT2D eigenvalue weighted by atomic mass is 32.2. The van der Waals surface area contributed by atoms with Gasteiger partial charge in [-0.1, -0.05) is 30.3 Å². The lowest BCUT2D eigenvalue weighted by atomic mass is 10.1. The lowest BCUT2D eigenvalue weighted by Crippen LogP contribution is -2.45. The lowest BCUT2D eigenvalue weighted by Gasteiger charge is -2.19. The van der Waals surface area contributed by atoms with E-state index in [9.17, 15) is 18.0 Å². The molecule has 0 saturated heterocycles. The Morgan fingerprint density at radius 2 is 1.58 bits per heavy atom. The number of amides is 2. The Bertz CT molecular complexity index is 1200. The zero-order valence-electron chi connectivity index (χ0n) is 18.0. The Kier molecular flexibility index (Phi) is 7.81. The molecule has 3 aromatic rings. The molecule has 0 aromatic heterocycles. The highest BCUT2D eigenvalue weighted by molar-refractivity contribution is 7.89. The maximum Gasteiger partial charge on any atom is 0.248 e. The second-order valence-electron chi connectivity index (χ2n) is 7.20. The van der Waals surface area contributed by atoms with Crippen LogP contribution in [0.25, 0.3) is 0 Å². The van der Waals surface area contributed by atoms with E-state index in [1.54, 1.807) is 12.1 Å². The predicted molar refractivity (Wildman–Crippen MR) is 125 cm³/mol. The molecule has 172 valence electrons. The number of ether oxygens (including phenoxy) is 1. The fourth-order valence-electron chi connectivity index (χ4n) is 3.12. The molecule has 0 radical (unpaired) electrons. The molecule has 1 unspecified atom stereocenters. The third-order valence-electron chi connectivity index (χ3n) is 4.78. The predicted octanol–water partition coefficient (Wildman–Crippen LogP) is 2.71. The number of carbonyl (C=O) groups excluding carboxylic acids is 2. The van der Waals surface area contributed by atoms with Crippen LogP contribution >= 0.6 is 0 Å². The number of nitrogens with two attached hydrogens (primary N) is 1. The Morgan fingerprint density at radius 1 is 0.939 bits per heavy atom. The molecule has 3 aromatic carbocycles. The molecule has 33 heavy (non-hydrogen) atoms. The van der Waals surface area contributed by atoms with E-state index in [1.807, 2.05) is 37.3 Å². The van der Waals surface area contributed by atoms with Crippen molar-refractivity contribution in [2.75, 3.05) is 11.9 Å². The van der Waals surface area contributed by atoms with Crippen molar-refractivity contribution in [1.29, 1.82) is 0 Å². The maximum absolute atomic E-state index is 13.0. The summed E-state index contributed by atoms with van der Waals surface area (Å²) in [7, 11) is -3.99. The summed E-state index contributed by atoms with van der Waals surface area (Å²) in [5.74, 6) is -0.576. The first kappa shape index (κ1) is 24.0. The van der Waals surface area contributed by atoms with Crippen LogP contribution in [0.2, 0.25) is 0 Å². The molecule has 4 N–H and O–H groups in total. The molecule has 0 aliphatic rings. The van der Waals surface area contributed by atoms with Crippen molar-refractivity contribution < 1.29 is 22.7 Å². The molecule has 0 aliphatic carbocycles. The van der Waals surface area contributed by atoms with E-state index in [-0.39, 0.29) is 11.3 Å². The molecular formula is C24H25N3O5S. The van der Waals surface area contributed by atoms with Gasteiger partial charge in [0, 0.05) is 11.3 Å². The summed E-state index contributed by atoms with van der Waals surface area (Å²) < 4.78 is 33.8. The molecule has 9 heteroatoms. The van der Waals surface area contributed by atoms with Crippen LogP contribution in [0, 0.1) is 0 Å². The highest BCUT2D eigenvalue weighted by Crippen LogP contribution is 2.18. The molecule has 0 heterocycles. The van der Waals surface area contributed by atoms with Gasteiger partial charge in [-0.15, -0.1) is 0 Å². The number of anilines is 1. The fraction of sp³-hybridized carbons (Fsp3) is 0.167. The summed E-state index contributed by atoms with van der Waals surface area (Å²) in [6.07, 6.45) is 0.141. The van der Waals surface area contributed by atoms with Gasteiger partial charge in [0.1, 0.15) is 11.8 Å². The monoisotopic (exact) mass is 467 g/mol. The van der Waals surface area contributed by atoms with Crippen molar-refractivity contribution in [2.24, 2.45) is 5.73 Å². The first-order valence-electron chi connectivity index (χ1n) is 10.3. The van der Waals surface area contributed by atoms with Crippen molar-refractivity contribution in [2.45, 2.75) is 24.3 Å². The van der Waals surface area contributed by atoms with E-state index >= 15 is 0 Å². The molecular weight excluding hydrogens is 442 g/mol. The quantitative estimate of drug-likeness (QED) is 0.422. The van der Waals surface area contributed by atoms with E-state index in [4.69, 9.17) is 10.5 Å². The largest absolute Gasteiger partial charge is 0.494 e. The van der Waals surface area contributed by atoms with Gasteiger partial charge in [0.05, 0.1) is 11.5 Å². The molecule has 1 atom stereocenters. The second-order valence-corrected chi connectivity index (χ2v) is 8.91. The summed E-state index contributed by atoms with van der Waals surface area (Å²) >= 11 is 0. The number of rotatable bonds is 10. The molecule has 0 bridgehead atoms. The first-order valence-corrected chi connectivity index (χ1v) is 11.8. The van der Waals surface area contributed by atoms with Crippen LogP contribution < -0.4 is 20.5 Å². The third kappa shape index (κ3) is 6.64. The number of benzene rings is 3. The average Bonchev–Trinajstić information content (AvgIpc) is 2.80. The van der Waals surface area contributed by atoms with Crippen LogP contribution in [-0.4, -0.2) is 32.9 Å². The van der Waals surface area contributed by atoms with Gasteiger partial charge in [-0.2, -0.15) is 4.72 Å². The van der Waals surface area contributed by atoms with Gasteiger partial charge in [0.15, 0.2) is 0 Å². The summed E-state index contributed by atoms with van der Waals surface area (Å²) in [6, 6.07) is 20.0. The molecule has 3 rings (SSSR count). The van der Waals surface area contributed by atoms with Crippen molar-refractivity contribution >= 4 is 27.5 Å². The van der Waals surface area contributed by atoms with E-state index in [0.717, 1.165) is 5.56 Å². The fourth-order valence-corrected chi connectivity index (χ4v) is 4.32. The van der Waals surface area contributed by atoms with E-state index in [0.29, 0.717) is 23.6 Å². The van der Waals surface area contributed by atoms with E-state index < -0.39 is 27.9 Å². The number of primary amides is 1. The smallest absolute Gasteiger partial charge is 0.248 e. The topological polar surface area (TPSA) is 128 Å². The van der Waals surface area contributed by atoms with Crippen molar-refractivity contribution in [1.82, 2.24) is 4.72 Å². The standard InChI is InChI=1S/C24H25N3O5S/c1-2-32-20-12-14-21(15-13-20)33(30,31)27-22(16-17-6-4-3-5-7-17)24(29)26-19-10-8-18(9-11-19)23(25)28/h3-15,22,27H,2,16H2,1H3,(H2,25,28)(H,26,29). The molecule has 0 saturated carbocycles. The van der Waals surface area contributed by atoms with Gasteiger partial charge in [-0.25, -0.2) is 8.42 Å². The number of nitrogens with one attached hydrogen (secondary N) is 2. The highest BCUT2D eigenvalue weighted by Gasteiger charge is 2.26. The van der Waals surface area contributed by atoms with E-state index in [1.165, 1.54) is 36.4 Å². The third-order valence-corrected chi connectivity index (χ3v) is 6.27. The van der Waals surface area contributed by atoms with Crippen molar-refractivity contribution in [3.63, 3.8) is 0 Å². The van der Waals surface area contributed by atoms with Crippen LogP contribution in [0.5, 0.6) is 5.75 Å². The number of carbonyl (C=O) groups is 2. The molecule has 0 spiro atoms. The van der Waals surface area contributed by atoms with Crippen LogP contribution in [0.3, 0.4) is 0 Å². The zero-order valence-corrected chi connectivity index (χ0v) is 18.8. The van der Waals surface area contributed by atoms with Gasteiger partial charge < -0.3 is 15.8 Å². The van der Waals surface area contributed by atoms with Crippen LogP contribution in [0.1, 0.15) is 22.8 Å². The van der Waals surface area contributed by atoms with Gasteiger partial charge in [0.25, 0.3) is 0 Å². The summed E-state index contributed by atoms with van der Waals surface area (Å²) in [5, 5.41) is 2.69. The maximum atomic E-state index is 13.0. The van der Waals surface area contributed by atoms with Crippen LogP contribution in [0.15, 0.2) is 83.8 Å². The zero-order chi connectivity index (χ0) is 23.8. The molecule has 2 amide bonds. The Morgan fingerprint density at radius 3 is 2.15 bits per heavy atom. The van der Waals surface area contributed by atoms with Crippen molar-refractivity contribution in [3.8, 4) is 5.75 Å². The minimum Gasteiger partial charge on any atom is -0.494 e. The van der Waals surface area contributed by atoms with Gasteiger partial charge >= 0.3 is 0 Å².